The first-order valence-electron chi connectivity index (χ1n) is 14.1. The molecule has 0 radical (unpaired) electrons. The first-order valence-corrected chi connectivity index (χ1v) is 14.1. The van der Waals surface area contributed by atoms with Crippen LogP contribution in [0.4, 0.5) is 16.2 Å². The van der Waals surface area contributed by atoms with Crippen LogP contribution in [-0.2, 0) is 61.3 Å². The van der Waals surface area contributed by atoms with Crippen LogP contribution in [0.3, 0.4) is 0 Å². The predicted molar refractivity (Wildman–Crippen MR) is 159 cm³/mol. The fraction of sp³-hybridized carbons (Fsp3) is 0.312. The smallest absolute Gasteiger partial charge is 0.411 e. The van der Waals surface area contributed by atoms with Crippen molar-refractivity contribution < 1.29 is 55.0 Å². The Morgan fingerprint density at radius 3 is 2.09 bits per heavy atom. The third kappa shape index (κ3) is 7.39. The van der Waals surface area contributed by atoms with Gasteiger partial charge in [-0.15, -0.1) is 0 Å². The van der Waals surface area contributed by atoms with Gasteiger partial charge in [-0.1, -0.05) is 30.3 Å². The Kier molecular flexibility index (Phi) is 9.77. The number of carboxylic acid groups (broad SMARTS) is 1. The molecule has 234 valence electrons. The van der Waals surface area contributed by atoms with Gasteiger partial charge in [-0.3, -0.25) is 24.6 Å². The number of hydrogen-bond donors (Lipinski definition) is 2. The number of nitrogens with one attached hydrogen (secondary N) is 1. The molecule has 2 aliphatic rings. The second kappa shape index (κ2) is 13.2. The number of non-ortho nitro benzene ring substituents is 1. The van der Waals surface area contributed by atoms with Gasteiger partial charge in [0, 0.05) is 63.8 Å². The van der Waals surface area contributed by atoms with Crippen LogP contribution < -0.4 is 5.32 Å². The maximum atomic E-state index is 14.2. The summed E-state index contributed by atoms with van der Waals surface area (Å²) >= 11 is 0. The van der Waals surface area contributed by atoms with E-state index >= 15 is 0 Å². The average molecular weight is 784 g/mol. The summed E-state index contributed by atoms with van der Waals surface area (Å²) in [5.74, 6) is -2.09. The molecular formula is C32H32N4O8W. The zero-order chi connectivity index (χ0) is 31.8. The summed E-state index contributed by atoms with van der Waals surface area (Å²) < 4.78 is 5.58. The van der Waals surface area contributed by atoms with Crippen molar-refractivity contribution in [3.05, 3.63) is 105 Å². The van der Waals surface area contributed by atoms with E-state index in [0.29, 0.717) is 27.9 Å². The van der Waals surface area contributed by atoms with Crippen LogP contribution in [0.2, 0.25) is 0 Å². The molecule has 2 unspecified atom stereocenters. The molecular weight excluding hydrogens is 752 g/mol. The Bertz CT molecular complexity index is 1660. The van der Waals surface area contributed by atoms with Gasteiger partial charge < -0.3 is 20.1 Å². The molecule has 12 nitrogen and oxygen atoms in total. The van der Waals surface area contributed by atoms with Gasteiger partial charge in [0.2, 0.25) is 5.91 Å². The minimum atomic E-state index is -1.20. The summed E-state index contributed by atoms with van der Waals surface area (Å²) in [5.41, 5.74) is 2.46. The number of nitrogens with zero attached hydrogens (tertiary/aromatic N) is 3. The van der Waals surface area contributed by atoms with E-state index in [2.05, 4.69) is 5.32 Å². The van der Waals surface area contributed by atoms with Gasteiger partial charge in [0.05, 0.1) is 11.5 Å². The molecule has 3 aromatic carbocycles. The number of nitro benzene ring substituents is 1. The summed E-state index contributed by atoms with van der Waals surface area (Å²) in [6, 6.07) is 15.8. The molecule has 3 amide bonds. The molecule has 0 spiro atoms. The number of carboxylic acids is 1. The summed E-state index contributed by atoms with van der Waals surface area (Å²) in [6.45, 7) is 4.86. The molecule has 2 heterocycles. The molecule has 0 saturated heterocycles. The number of amides is 3. The van der Waals surface area contributed by atoms with E-state index in [1.54, 1.807) is 75.4 Å². The number of benzene rings is 3. The summed E-state index contributed by atoms with van der Waals surface area (Å²) in [6.07, 6.45) is -0.734. The molecule has 0 fully saturated rings. The predicted octanol–water partition coefficient (Wildman–Crippen LogP) is 4.54. The van der Waals surface area contributed by atoms with E-state index in [0.717, 1.165) is 5.56 Å². The molecule has 0 bridgehead atoms. The van der Waals surface area contributed by atoms with Gasteiger partial charge >= 0.3 is 12.1 Å². The number of carbonyl (C=O) groups is 4. The number of anilines is 1. The van der Waals surface area contributed by atoms with Crippen LogP contribution >= 0.6 is 0 Å². The first-order chi connectivity index (χ1) is 20.8. The first kappa shape index (κ1) is 33.3. The molecule has 2 N–H and O–H groups in total. The van der Waals surface area contributed by atoms with Crippen LogP contribution in [0.15, 0.2) is 66.7 Å². The van der Waals surface area contributed by atoms with Crippen molar-refractivity contribution in [1.82, 2.24) is 9.80 Å². The molecule has 2 aliphatic heterocycles. The average Bonchev–Trinajstić information content (AvgIpc) is 2.98. The van der Waals surface area contributed by atoms with E-state index in [9.17, 15) is 34.4 Å². The molecule has 45 heavy (non-hydrogen) atoms. The van der Waals surface area contributed by atoms with Crippen molar-refractivity contribution in [3.63, 3.8) is 0 Å². The Morgan fingerprint density at radius 2 is 1.47 bits per heavy atom. The quantitative estimate of drug-likeness (QED) is 0.282. The van der Waals surface area contributed by atoms with Crippen molar-refractivity contribution in [2.75, 3.05) is 5.32 Å². The van der Waals surface area contributed by atoms with Crippen LogP contribution in [0.1, 0.15) is 53.4 Å². The third-order valence-corrected chi connectivity index (χ3v) is 7.64. The Labute approximate surface area is 273 Å². The summed E-state index contributed by atoms with van der Waals surface area (Å²) in [4.78, 5) is 66.0. The fourth-order valence-electron chi connectivity index (χ4n) is 5.52. The molecule has 0 saturated carbocycles. The normalized spacial score (nSPS) is 17.2. The molecule has 3 aromatic rings. The van der Waals surface area contributed by atoms with E-state index in [1.807, 2.05) is 0 Å². The van der Waals surface area contributed by atoms with Gasteiger partial charge in [-0.2, -0.15) is 0 Å². The van der Waals surface area contributed by atoms with Crippen molar-refractivity contribution in [3.8, 4) is 0 Å². The second-order valence-electron chi connectivity index (χ2n) is 11.9. The topological polar surface area (TPSA) is 159 Å². The van der Waals surface area contributed by atoms with Gasteiger partial charge in [-0.25, -0.2) is 9.59 Å². The van der Waals surface area contributed by atoms with Crippen molar-refractivity contribution >= 4 is 35.3 Å². The zero-order valence-corrected chi connectivity index (χ0v) is 27.8. The number of nitro groups is 1. The molecule has 5 rings (SSSR count). The van der Waals surface area contributed by atoms with Crippen LogP contribution in [0.5, 0.6) is 0 Å². The number of rotatable bonds is 5. The Balaban J connectivity index is 0.00000461. The van der Waals surface area contributed by atoms with E-state index in [-0.39, 0.29) is 58.6 Å². The van der Waals surface area contributed by atoms with Crippen molar-refractivity contribution in [1.29, 1.82) is 0 Å². The number of ether oxygens (including phenoxy) is 1. The summed E-state index contributed by atoms with van der Waals surface area (Å²) in [5, 5.41) is 24.4. The molecule has 0 aromatic heterocycles. The Hall–Kier alpha value is -4.57. The van der Waals surface area contributed by atoms with Crippen LogP contribution in [0, 0.1) is 10.1 Å². The van der Waals surface area contributed by atoms with Gasteiger partial charge in [-0.05, 0) is 67.3 Å². The minimum absolute atomic E-state index is 0. The van der Waals surface area contributed by atoms with Crippen LogP contribution in [-0.4, -0.2) is 61.4 Å². The SMILES string of the molecule is CC(C)(C)OC(=O)N1Cc2cc([N+](=O)[O-])ccc2CC1C(=O)N1Cc2cc(NC(=O)c3ccccc3)ccc2CC1C(=O)O.[W]. The molecule has 13 heteroatoms. The number of fused-ring (bicyclic) bond motifs is 2. The van der Waals surface area contributed by atoms with Gasteiger partial charge in [0.25, 0.3) is 11.6 Å². The fourth-order valence-corrected chi connectivity index (χ4v) is 5.52. The summed E-state index contributed by atoms with van der Waals surface area (Å²) in [7, 11) is 0. The standard InChI is InChI=1S/C32H32N4O8.W/c1-32(2,3)44-31(41)35-18-23-14-25(36(42)43)12-10-21(23)15-26(35)29(38)34-17-22-13-24(11-9-20(22)16-27(34)30(39)40)33-28(37)19-7-5-4-6-8-19;/h4-14,26-27H,15-18H2,1-3H3,(H,33,37)(H,39,40);. The minimum Gasteiger partial charge on any atom is -0.480 e. The van der Waals surface area contributed by atoms with Gasteiger partial charge in [0.15, 0.2) is 0 Å². The second-order valence-corrected chi connectivity index (χ2v) is 11.9. The number of aliphatic carboxylic acids is 1. The van der Waals surface area contributed by atoms with E-state index in [1.165, 1.54) is 21.9 Å². The van der Waals surface area contributed by atoms with Crippen molar-refractivity contribution in [2.24, 2.45) is 0 Å². The maximum absolute atomic E-state index is 14.2. The monoisotopic (exact) mass is 784 g/mol. The maximum Gasteiger partial charge on any atom is 0.411 e. The van der Waals surface area contributed by atoms with Gasteiger partial charge in [0.1, 0.15) is 17.7 Å². The zero-order valence-electron chi connectivity index (χ0n) is 24.9. The van der Waals surface area contributed by atoms with E-state index < -0.39 is 40.6 Å². The number of hydrogen-bond acceptors (Lipinski definition) is 7. The van der Waals surface area contributed by atoms with Crippen LogP contribution in [0.25, 0.3) is 0 Å². The number of carbonyl (C=O) groups excluding carboxylic acids is 3. The third-order valence-electron chi connectivity index (χ3n) is 7.64. The molecule has 2 atom stereocenters. The van der Waals surface area contributed by atoms with E-state index in [4.69, 9.17) is 4.74 Å². The molecule has 0 aliphatic carbocycles. The van der Waals surface area contributed by atoms with Crippen molar-refractivity contribution in [2.45, 2.75) is 64.4 Å². The largest absolute Gasteiger partial charge is 0.480 e. The Morgan fingerprint density at radius 1 is 0.867 bits per heavy atom.